The maximum absolute atomic E-state index is 13.2. The first-order valence-electron chi connectivity index (χ1n) is 9.14. The molecule has 4 heteroatoms. The van der Waals surface area contributed by atoms with E-state index < -0.39 is 8.32 Å². The van der Waals surface area contributed by atoms with Crippen molar-refractivity contribution < 1.29 is 9.22 Å². The van der Waals surface area contributed by atoms with Gasteiger partial charge in [0.15, 0.2) is 8.32 Å². The highest BCUT2D eigenvalue weighted by Crippen LogP contribution is 2.42. The van der Waals surface area contributed by atoms with Gasteiger partial charge in [0.05, 0.1) is 0 Å². The van der Waals surface area contributed by atoms with Crippen LogP contribution in [0.2, 0.25) is 18.1 Å². The van der Waals surface area contributed by atoms with Crippen LogP contribution in [0.15, 0.2) is 43.0 Å². The minimum absolute atomic E-state index is 0.0922. The molecule has 0 saturated carbocycles. The lowest BCUT2D eigenvalue weighted by atomic mass is 9.93. The first kappa shape index (κ1) is 19.9. The van der Waals surface area contributed by atoms with Gasteiger partial charge in [-0.25, -0.2) is 0 Å². The minimum atomic E-state index is -1.99. The van der Waals surface area contributed by atoms with E-state index in [1.807, 2.05) is 29.2 Å². The van der Waals surface area contributed by atoms with Crippen molar-refractivity contribution in [1.82, 2.24) is 4.90 Å². The van der Waals surface area contributed by atoms with Crippen LogP contribution < -0.4 is 0 Å². The Labute approximate surface area is 154 Å². The summed E-state index contributed by atoms with van der Waals surface area (Å²) in [6, 6.07) is 10.2. The van der Waals surface area contributed by atoms with Crippen LogP contribution in [-0.2, 0) is 15.8 Å². The third-order valence-electron chi connectivity index (χ3n) is 5.83. The van der Waals surface area contributed by atoms with Crippen molar-refractivity contribution in [2.45, 2.75) is 76.9 Å². The lowest BCUT2D eigenvalue weighted by Gasteiger charge is -2.37. The predicted molar refractivity (Wildman–Crippen MR) is 107 cm³/mol. The summed E-state index contributed by atoms with van der Waals surface area (Å²) in [6.07, 6.45) is 3.09. The summed E-state index contributed by atoms with van der Waals surface area (Å²) in [5.74, 6) is 0.123. The second-order valence-corrected chi connectivity index (χ2v) is 13.7. The first-order chi connectivity index (χ1) is 11.5. The van der Waals surface area contributed by atoms with E-state index >= 15 is 0 Å². The van der Waals surface area contributed by atoms with Gasteiger partial charge in [-0.15, -0.1) is 6.58 Å². The molecule has 0 unspecified atom stereocenters. The van der Waals surface area contributed by atoms with E-state index in [1.54, 1.807) is 0 Å². The lowest BCUT2D eigenvalue weighted by Crippen LogP contribution is -2.46. The Hall–Kier alpha value is -1.39. The van der Waals surface area contributed by atoms with Gasteiger partial charge < -0.3 is 9.33 Å². The smallest absolute Gasteiger partial charge is 0.251 e. The molecule has 2 atom stereocenters. The summed E-state index contributed by atoms with van der Waals surface area (Å²) in [6.45, 7) is 17.7. The summed E-state index contributed by atoms with van der Waals surface area (Å²) in [7, 11) is -1.99. The molecule has 0 spiro atoms. The van der Waals surface area contributed by atoms with Crippen LogP contribution in [0.4, 0.5) is 0 Å². The maximum Gasteiger partial charge on any atom is 0.251 e. The van der Waals surface area contributed by atoms with Crippen LogP contribution in [0.5, 0.6) is 0 Å². The van der Waals surface area contributed by atoms with Crippen LogP contribution >= 0.6 is 0 Å². The van der Waals surface area contributed by atoms with Gasteiger partial charge in [-0.05, 0) is 37.0 Å². The molecule has 1 heterocycles. The second-order valence-electron chi connectivity index (χ2n) is 8.97. The number of nitrogens with zero attached hydrogens (tertiary/aromatic N) is 1. The van der Waals surface area contributed by atoms with Crippen molar-refractivity contribution in [3.63, 3.8) is 0 Å². The average Bonchev–Trinajstić information content (AvgIpc) is 2.71. The number of rotatable bonds is 6. The molecular weight excluding hydrogens is 326 g/mol. The molecule has 0 N–H and O–H groups in total. The highest BCUT2D eigenvalue weighted by atomic mass is 28.4. The quantitative estimate of drug-likeness (QED) is 0.519. The molecule has 1 fully saturated rings. The zero-order valence-corrected chi connectivity index (χ0v) is 17.6. The van der Waals surface area contributed by atoms with Crippen molar-refractivity contribution in [3.8, 4) is 0 Å². The topological polar surface area (TPSA) is 29.5 Å². The van der Waals surface area contributed by atoms with Gasteiger partial charge in [0.1, 0.15) is 6.10 Å². The Kier molecular flexibility index (Phi) is 5.64. The van der Waals surface area contributed by atoms with Gasteiger partial charge >= 0.3 is 0 Å². The molecule has 2 rings (SSSR count). The number of hydrogen-bond donors (Lipinski definition) is 0. The molecule has 0 radical (unpaired) electrons. The Balaban J connectivity index is 2.26. The van der Waals surface area contributed by atoms with Crippen LogP contribution in [-0.4, -0.2) is 30.8 Å². The highest BCUT2D eigenvalue weighted by Gasteiger charge is 2.51. The van der Waals surface area contributed by atoms with E-state index in [1.165, 1.54) is 0 Å². The molecule has 1 aliphatic heterocycles. The van der Waals surface area contributed by atoms with E-state index in [2.05, 4.69) is 59.5 Å². The van der Waals surface area contributed by atoms with E-state index in [4.69, 9.17) is 4.43 Å². The molecule has 1 aliphatic rings. The second kappa shape index (κ2) is 7.08. The van der Waals surface area contributed by atoms with Crippen LogP contribution in [0.25, 0.3) is 0 Å². The SMILES string of the molecule is C=CC[C@]1(C)C[C@H](O[Si](C)(C)C(C)(C)C)C(=O)N1Cc1ccccc1. The van der Waals surface area contributed by atoms with Crippen LogP contribution in [0, 0.1) is 0 Å². The highest BCUT2D eigenvalue weighted by molar-refractivity contribution is 6.74. The summed E-state index contributed by atoms with van der Waals surface area (Å²) in [5, 5.41) is 0.0922. The predicted octanol–water partition coefficient (Wildman–Crippen LogP) is 5.14. The molecule has 1 aromatic carbocycles. The van der Waals surface area contributed by atoms with E-state index in [-0.39, 0.29) is 22.6 Å². The summed E-state index contributed by atoms with van der Waals surface area (Å²) in [5.41, 5.74) is 0.918. The van der Waals surface area contributed by atoms with Gasteiger partial charge in [0.25, 0.3) is 5.91 Å². The molecule has 0 aliphatic carbocycles. The third-order valence-corrected chi connectivity index (χ3v) is 10.3. The number of carbonyl (C=O) groups excluding carboxylic acids is 1. The van der Waals surface area contributed by atoms with Crippen molar-refractivity contribution in [2.75, 3.05) is 0 Å². The van der Waals surface area contributed by atoms with Crippen molar-refractivity contribution >= 4 is 14.2 Å². The monoisotopic (exact) mass is 359 g/mol. The third kappa shape index (κ3) is 4.24. The fraction of sp³-hybridized carbons (Fsp3) is 0.571. The maximum atomic E-state index is 13.2. The molecule has 25 heavy (non-hydrogen) atoms. The molecule has 1 amide bonds. The zero-order chi connectivity index (χ0) is 18.9. The Bertz CT molecular complexity index is 621. The van der Waals surface area contributed by atoms with Gasteiger partial charge in [-0.2, -0.15) is 0 Å². The molecule has 3 nitrogen and oxygen atoms in total. The van der Waals surface area contributed by atoms with E-state index in [0.717, 1.165) is 18.4 Å². The van der Waals surface area contributed by atoms with Crippen molar-refractivity contribution in [1.29, 1.82) is 0 Å². The molecule has 0 aromatic heterocycles. The lowest BCUT2D eigenvalue weighted by molar-refractivity contribution is -0.136. The van der Waals surface area contributed by atoms with Gasteiger partial charge in [-0.1, -0.05) is 57.2 Å². The Morgan fingerprint density at radius 2 is 1.92 bits per heavy atom. The number of amides is 1. The zero-order valence-electron chi connectivity index (χ0n) is 16.6. The summed E-state index contributed by atoms with van der Waals surface area (Å²) >= 11 is 0. The normalized spacial score (nSPS) is 24.6. The molecule has 138 valence electrons. The Morgan fingerprint density at radius 1 is 1.32 bits per heavy atom. The van der Waals surface area contributed by atoms with Gasteiger partial charge in [-0.3, -0.25) is 4.79 Å². The largest absolute Gasteiger partial charge is 0.405 e. The molecular formula is C21H33NO2Si. The fourth-order valence-electron chi connectivity index (χ4n) is 3.20. The van der Waals surface area contributed by atoms with Crippen molar-refractivity contribution in [3.05, 3.63) is 48.6 Å². The molecule has 0 bridgehead atoms. The minimum Gasteiger partial charge on any atom is -0.405 e. The number of likely N-dealkylation sites (tertiary alicyclic amines) is 1. The molecule has 1 aromatic rings. The van der Waals surface area contributed by atoms with Crippen LogP contribution in [0.1, 0.15) is 46.1 Å². The van der Waals surface area contributed by atoms with Crippen molar-refractivity contribution in [2.24, 2.45) is 0 Å². The van der Waals surface area contributed by atoms with E-state index in [0.29, 0.717) is 6.54 Å². The van der Waals surface area contributed by atoms with Gasteiger partial charge in [0.2, 0.25) is 0 Å². The Morgan fingerprint density at radius 3 is 2.44 bits per heavy atom. The summed E-state index contributed by atoms with van der Waals surface area (Å²) < 4.78 is 6.50. The number of carbonyl (C=O) groups is 1. The first-order valence-corrected chi connectivity index (χ1v) is 12.1. The average molecular weight is 360 g/mol. The van der Waals surface area contributed by atoms with Crippen LogP contribution in [0.3, 0.4) is 0 Å². The molecule has 1 saturated heterocycles. The standard InChI is InChI=1S/C21H33NO2Si/c1-8-14-21(5)15-18(24-25(6,7)20(2,3)4)19(23)22(21)16-17-12-10-9-11-13-17/h8-13,18H,1,14-16H2,2-7H3/t18-,21+/m0/s1. The number of benzene rings is 1. The summed E-state index contributed by atoms with van der Waals surface area (Å²) in [4.78, 5) is 15.2. The fourth-order valence-corrected chi connectivity index (χ4v) is 4.45. The van der Waals surface area contributed by atoms with E-state index in [9.17, 15) is 4.79 Å². The van der Waals surface area contributed by atoms with Gasteiger partial charge in [0, 0.05) is 18.5 Å². The number of hydrogen-bond acceptors (Lipinski definition) is 2.